The van der Waals surface area contributed by atoms with E-state index in [1.54, 1.807) is 0 Å². The Balaban J connectivity index is 1.83. The Morgan fingerprint density at radius 2 is 2.38 bits per heavy atom. The maximum Gasteiger partial charge on any atom is 0.261 e. The first-order valence-electron chi connectivity index (χ1n) is 5.66. The molecule has 0 aromatic carbocycles. The molecule has 1 heterocycles. The summed E-state index contributed by atoms with van der Waals surface area (Å²) in [6.07, 6.45) is 2.61. The van der Waals surface area contributed by atoms with E-state index in [0.717, 1.165) is 17.3 Å². The van der Waals surface area contributed by atoms with Gasteiger partial charge in [0.1, 0.15) is 0 Å². The zero-order valence-electron chi connectivity index (χ0n) is 9.77. The summed E-state index contributed by atoms with van der Waals surface area (Å²) in [5.74, 6) is 0.834. The molecular formula is C12H18N2OS. The van der Waals surface area contributed by atoms with Crippen LogP contribution in [-0.4, -0.2) is 37.5 Å². The molecule has 4 heteroatoms. The number of hydrogen-bond donors (Lipinski definition) is 1. The number of likely N-dealkylation sites (N-methyl/N-ethyl adjacent to an activating group) is 1. The van der Waals surface area contributed by atoms with Crippen molar-refractivity contribution in [1.29, 1.82) is 0 Å². The number of hydrogen-bond acceptors (Lipinski definition) is 3. The van der Waals surface area contributed by atoms with Crippen LogP contribution in [0.15, 0.2) is 17.5 Å². The van der Waals surface area contributed by atoms with E-state index in [9.17, 15) is 4.79 Å². The smallest absolute Gasteiger partial charge is 0.261 e. The van der Waals surface area contributed by atoms with E-state index >= 15 is 0 Å². The highest BCUT2D eigenvalue weighted by atomic mass is 32.1. The van der Waals surface area contributed by atoms with Crippen LogP contribution in [0, 0.1) is 5.92 Å². The Hall–Kier alpha value is -0.870. The number of thiophene rings is 1. The molecule has 1 saturated carbocycles. The van der Waals surface area contributed by atoms with Crippen LogP contribution in [0.4, 0.5) is 0 Å². The topological polar surface area (TPSA) is 32.3 Å². The monoisotopic (exact) mass is 238 g/mol. The first-order chi connectivity index (χ1) is 7.68. The minimum absolute atomic E-state index is 0.0579. The van der Waals surface area contributed by atoms with Crippen LogP contribution in [0.5, 0.6) is 0 Å². The fraction of sp³-hybridized carbons (Fsp3) is 0.583. The molecular weight excluding hydrogens is 220 g/mol. The van der Waals surface area contributed by atoms with E-state index in [1.807, 2.05) is 17.5 Å². The lowest BCUT2D eigenvalue weighted by Gasteiger charge is -2.24. The summed E-state index contributed by atoms with van der Waals surface area (Å²) in [6.45, 7) is 0.758. The van der Waals surface area contributed by atoms with Crippen molar-refractivity contribution in [3.8, 4) is 0 Å². The Bertz CT molecular complexity index is 342. The Labute approximate surface area is 100 Å². The van der Waals surface area contributed by atoms with Gasteiger partial charge in [-0.25, -0.2) is 0 Å². The molecule has 0 spiro atoms. The number of amides is 1. The predicted molar refractivity (Wildman–Crippen MR) is 66.9 cm³/mol. The summed E-state index contributed by atoms with van der Waals surface area (Å²) in [5.41, 5.74) is 0. The molecule has 3 nitrogen and oxygen atoms in total. The maximum absolute atomic E-state index is 11.8. The second-order valence-corrected chi connectivity index (χ2v) is 5.50. The van der Waals surface area contributed by atoms with E-state index in [1.165, 1.54) is 24.2 Å². The Morgan fingerprint density at radius 3 is 2.88 bits per heavy atom. The summed E-state index contributed by atoms with van der Waals surface area (Å²) in [4.78, 5) is 14.8. The average molecular weight is 238 g/mol. The molecule has 0 aliphatic heterocycles. The maximum atomic E-state index is 11.8. The SMILES string of the molecule is CN(C)[C@H](CNC(=O)c1cccs1)C1CC1. The summed E-state index contributed by atoms with van der Waals surface area (Å²) in [5, 5.41) is 4.95. The second-order valence-electron chi connectivity index (χ2n) is 4.56. The number of carbonyl (C=O) groups is 1. The molecule has 1 aromatic heterocycles. The first-order valence-corrected chi connectivity index (χ1v) is 6.54. The van der Waals surface area contributed by atoms with Gasteiger partial charge in [0.15, 0.2) is 0 Å². The zero-order chi connectivity index (χ0) is 11.5. The highest BCUT2D eigenvalue weighted by Crippen LogP contribution is 2.34. The number of rotatable bonds is 5. The second kappa shape index (κ2) is 4.97. The molecule has 88 valence electrons. The van der Waals surface area contributed by atoms with E-state index in [2.05, 4.69) is 24.3 Å². The molecule has 0 unspecified atom stereocenters. The highest BCUT2D eigenvalue weighted by Gasteiger charge is 2.32. The van der Waals surface area contributed by atoms with Gasteiger partial charge in [-0.3, -0.25) is 4.79 Å². The van der Waals surface area contributed by atoms with Gasteiger partial charge >= 0.3 is 0 Å². The van der Waals surface area contributed by atoms with Gasteiger partial charge in [-0.15, -0.1) is 11.3 Å². The number of carbonyl (C=O) groups excluding carboxylic acids is 1. The lowest BCUT2D eigenvalue weighted by Crippen LogP contribution is -2.41. The van der Waals surface area contributed by atoms with Crippen LogP contribution in [0.2, 0.25) is 0 Å². The van der Waals surface area contributed by atoms with Crippen molar-refractivity contribution in [2.75, 3.05) is 20.6 Å². The van der Waals surface area contributed by atoms with Crippen molar-refractivity contribution in [3.05, 3.63) is 22.4 Å². The Morgan fingerprint density at radius 1 is 1.62 bits per heavy atom. The molecule has 1 amide bonds. The minimum Gasteiger partial charge on any atom is -0.350 e. The largest absolute Gasteiger partial charge is 0.350 e. The standard InChI is InChI=1S/C12H18N2OS/c1-14(2)10(9-5-6-9)8-13-12(15)11-4-3-7-16-11/h3-4,7,9-10H,5-6,8H2,1-2H3,(H,13,15)/t10-/m1/s1. The molecule has 1 aromatic rings. The van der Waals surface area contributed by atoms with Gasteiger partial charge in [-0.1, -0.05) is 6.07 Å². The summed E-state index contributed by atoms with van der Waals surface area (Å²) in [6, 6.07) is 4.26. The molecule has 0 radical (unpaired) electrons. The lowest BCUT2D eigenvalue weighted by molar-refractivity contribution is 0.0943. The molecule has 1 atom stereocenters. The quantitative estimate of drug-likeness (QED) is 0.848. The number of nitrogens with one attached hydrogen (secondary N) is 1. The third-order valence-corrected chi connectivity index (χ3v) is 3.91. The van der Waals surface area contributed by atoms with Crippen molar-refractivity contribution in [2.45, 2.75) is 18.9 Å². The zero-order valence-corrected chi connectivity index (χ0v) is 10.6. The van der Waals surface area contributed by atoms with E-state index in [0.29, 0.717) is 6.04 Å². The minimum atomic E-state index is 0.0579. The van der Waals surface area contributed by atoms with Crippen LogP contribution in [0.1, 0.15) is 22.5 Å². The van der Waals surface area contributed by atoms with Crippen molar-refractivity contribution in [1.82, 2.24) is 10.2 Å². The van der Waals surface area contributed by atoms with Gasteiger partial charge in [-0.2, -0.15) is 0 Å². The van der Waals surface area contributed by atoms with E-state index < -0.39 is 0 Å². The van der Waals surface area contributed by atoms with Gasteiger partial charge in [0, 0.05) is 12.6 Å². The number of nitrogens with zero attached hydrogens (tertiary/aromatic N) is 1. The van der Waals surface area contributed by atoms with Crippen LogP contribution in [-0.2, 0) is 0 Å². The van der Waals surface area contributed by atoms with Crippen LogP contribution in [0.25, 0.3) is 0 Å². The molecule has 1 fully saturated rings. The lowest BCUT2D eigenvalue weighted by atomic mass is 10.1. The molecule has 1 aliphatic carbocycles. The first kappa shape index (κ1) is 11.6. The van der Waals surface area contributed by atoms with Crippen molar-refractivity contribution in [3.63, 3.8) is 0 Å². The third-order valence-electron chi connectivity index (χ3n) is 3.05. The fourth-order valence-corrected chi connectivity index (χ4v) is 2.58. The van der Waals surface area contributed by atoms with Gasteiger partial charge < -0.3 is 10.2 Å². The van der Waals surface area contributed by atoms with Crippen LogP contribution < -0.4 is 5.32 Å². The summed E-state index contributed by atoms with van der Waals surface area (Å²) >= 11 is 1.49. The molecule has 0 saturated heterocycles. The van der Waals surface area contributed by atoms with Crippen molar-refractivity contribution in [2.24, 2.45) is 5.92 Å². The van der Waals surface area contributed by atoms with Crippen molar-refractivity contribution >= 4 is 17.2 Å². The van der Waals surface area contributed by atoms with Gasteiger partial charge in [0.25, 0.3) is 5.91 Å². The third kappa shape index (κ3) is 2.83. The van der Waals surface area contributed by atoms with Crippen LogP contribution in [0.3, 0.4) is 0 Å². The summed E-state index contributed by atoms with van der Waals surface area (Å²) < 4.78 is 0. The molecule has 16 heavy (non-hydrogen) atoms. The molecule has 0 bridgehead atoms. The predicted octanol–water partition coefficient (Wildman–Crippen LogP) is 1.82. The normalized spacial score (nSPS) is 17.4. The summed E-state index contributed by atoms with van der Waals surface area (Å²) in [7, 11) is 4.17. The van der Waals surface area contributed by atoms with E-state index in [4.69, 9.17) is 0 Å². The van der Waals surface area contributed by atoms with Gasteiger partial charge in [0.2, 0.25) is 0 Å². The molecule has 1 N–H and O–H groups in total. The van der Waals surface area contributed by atoms with Crippen LogP contribution >= 0.6 is 11.3 Å². The van der Waals surface area contributed by atoms with Gasteiger partial charge in [0.05, 0.1) is 4.88 Å². The van der Waals surface area contributed by atoms with Crippen molar-refractivity contribution < 1.29 is 4.79 Å². The van der Waals surface area contributed by atoms with Gasteiger partial charge in [-0.05, 0) is 44.3 Å². The Kier molecular flexibility index (Phi) is 3.61. The highest BCUT2D eigenvalue weighted by molar-refractivity contribution is 7.12. The van der Waals surface area contributed by atoms with E-state index in [-0.39, 0.29) is 5.91 Å². The fourth-order valence-electron chi connectivity index (χ4n) is 1.94. The molecule has 2 rings (SSSR count). The average Bonchev–Trinajstić information content (AvgIpc) is 2.93. The molecule has 1 aliphatic rings.